The first-order chi connectivity index (χ1) is 11.6. The number of hydrogen-bond acceptors (Lipinski definition) is 5. The van der Waals surface area contributed by atoms with E-state index in [1.807, 2.05) is 23.1 Å². The number of carbonyl (C=O) groups excluding carboxylic acids is 1. The van der Waals surface area contributed by atoms with E-state index in [-0.39, 0.29) is 11.8 Å². The topological polar surface area (TPSA) is 85.2 Å². The fourth-order valence-electron chi connectivity index (χ4n) is 3.56. The second-order valence-corrected chi connectivity index (χ2v) is 6.85. The molecule has 126 valence electrons. The van der Waals surface area contributed by atoms with Gasteiger partial charge in [0.15, 0.2) is 5.82 Å². The molecule has 1 aromatic heterocycles. The first-order valence-corrected chi connectivity index (χ1v) is 8.62. The Morgan fingerprint density at radius 3 is 2.88 bits per heavy atom. The first kappa shape index (κ1) is 15.3. The van der Waals surface area contributed by atoms with Crippen molar-refractivity contribution in [1.29, 1.82) is 0 Å². The molecule has 0 bridgehead atoms. The Morgan fingerprint density at radius 1 is 1.38 bits per heavy atom. The molecule has 4 rings (SSSR count). The summed E-state index contributed by atoms with van der Waals surface area (Å²) in [6, 6.07) is 8.04. The van der Waals surface area contributed by atoms with E-state index in [0.717, 1.165) is 31.4 Å². The molecule has 1 aliphatic heterocycles. The van der Waals surface area contributed by atoms with Gasteiger partial charge in [-0.2, -0.15) is 4.98 Å². The van der Waals surface area contributed by atoms with Gasteiger partial charge in [0.2, 0.25) is 11.8 Å². The molecule has 1 amide bonds. The molecule has 1 aromatic carbocycles. The minimum Gasteiger partial charge on any atom is -0.339 e. The van der Waals surface area contributed by atoms with E-state index in [1.54, 1.807) is 0 Å². The van der Waals surface area contributed by atoms with Crippen molar-refractivity contribution in [2.45, 2.75) is 50.5 Å². The zero-order chi connectivity index (χ0) is 16.7. The lowest BCUT2D eigenvalue weighted by atomic mass is 9.77. The van der Waals surface area contributed by atoms with E-state index >= 15 is 0 Å². The van der Waals surface area contributed by atoms with Crippen LogP contribution in [0, 0.1) is 0 Å². The van der Waals surface area contributed by atoms with Crippen LogP contribution in [0.15, 0.2) is 28.8 Å². The number of aromatic nitrogens is 2. The predicted molar refractivity (Wildman–Crippen MR) is 89.5 cm³/mol. The summed E-state index contributed by atoms with van der Waals surface area (Å²) >= 11 is 0. The summed E-state index contributed by atoms with van der Waals surface area (Å²) in [5.41, 5.74) is 7.99. The van der Waals surface area contributed by atoms with Gasteiger partial charge in [-0.05, 0) is 37.3 Å². The maximum absolute atomic E-state index is 12.5. The summed E-state index contributed by atoms with van der Waals surface area (Å²) in [5.74, 6) is 1.16. The fraction of sp³-hybridized carbons (Fsp3) is 0.500. The molecule has 2 fully saturated rings. The number of nitrogens with zero attached hydrogens (tertiary/aromatic N) is 3. The average molecular weight is 326 g/mol. The molecule has 2 N–H and O–H groups in total. The summed E-state index contributed by atoms with van der Waals surface area (Å²) in [5, 5.41) is 4.07. The summed E-state index contributed by atoms with van der Waals surface area (Å²) in [4.78, 5) is 18.9. The number of para-hydroxylation sites is 1. The first-order valence-electron chi connectivity index (χ1n) is 8.62. The Balaban J connectivity index is 1.56. The number of carbonyl (C=O) groups is 1. The van der Waals surface area contributed by atoms with E-state index in [0.29, 0.717) is 24.7 Å². The van der Waals surface area contributed by atoms with Gasteiger partial charge in [-0.3, -0.25) is 4.79 Å². The number of anilines is 1. The predicted octanol–water partition coefficient (Wildman–Crippen LogP) is 2.49. The van der Waals surface area contributed by atoms with Crippen molar-refractivity contribution in [3.8, 4) is 0 Å². The molecule has 0 radical (unpaired) electrons. The zero-order valence-corrected chi connectivity index (χ0v) is 13.9. The number of rotatable bonds is 4. The Hall–Kier alpha value is -2.21. The monoisotopic (exact) mass is 326 g/mol. The van der Waals surface area contributed by atoms with Crippen molar-refractivity contribution in [3.05, 3.63) is 41.5 Å². The molecule has 24 heavy (non-hydrogen) atoms. The van der Waals surface area contributed by atoms with Crippen LogP contribution in [-0.2, 0) is 16.8 Å². The van der Waals surface area contributed by atoms with E-state index < -0.39 is 5.54 Å². The Bertz CT molecular complexity index is 766. The van der Waals surface area contributed by atoms with Crippen LogP contribution in [0.1, 0.15) is 55.8 Å². The van der Waals surface area contributed by atoms with Crippen LogP contribution < -0.4 is 10.6 Å². The van der Waals surface area contributed by atoms with Gasteiger partial charge >= 0.3 is 0 Å². The van der Waals surface area contributed by atoms with Crippen molar-refractivity contribution in [3.63, 3.8) is 0 Å². The molecule has 2 heterocycles. The molecule has 2 aliphatic rings. The summed E-state index contributed by atoms with van der Waals surface area (Å²) in [7, 11) is 0. The molecule has 0 spiro atoms. The van der Waals surface area contributed by atoms with E-state index in [4.69, 9.17) is 10.3 Å². The van der Waals surface area contributed by atoms with Gasteiger partial charge in [-0.25, -0.2) is 0 Å². The van der Waals surface area contributed by atoms with Crippen molar-refractivity contribution in [2.24, 2.45) is 5.73 Å². The lowest BCUT2D eigenvalue weighted by Gasteiger charge is -2.34. The van der Waals surface area contributed by atoms with Crippen LogP contribution >= 0.6 is 0 Å². The second kappa shape index (κ2) is 5.70. The largest absolute Gasteiger partial charge is 0.339 e. The van der Waals surface area contributed by atoms with Gasteiger partial charge < -0.3 is 15.2 Å². The molecule has 1 aliphatic carbocycles. The highest BCUT2D eigenvalue weighted by atomic mass is 16.5. The number of nitrogens with two attached hydrogens (primary N) is 1. The lowest BCUT2D eigenvalue weighted by molar-refractivity contribution is -0.117. The molecular formula is C18H22N4O2. The molecule has 6 heteroatoms. The highest BCUT2D eigenvalue weighted by molar-refractivity contribution is 5.97. The fourth-order valence-corrected chi connectivity index (χ4v) is 3.56. The molecule has 1 atom stereocenters. The highest BCUT2D eigenvalue weighted by Gasteiger charge is 2.41. The summed E-state index contributed by atoms with van der Waals surface area (Å²) in [6.45, 7) is 2.68. The number of aryl methyl sites for hydroxylation is 1. The third-order valence-electron chi connectivity index (χ3n) is 5.27. The summed E-state index contributed by atoms with van der Waals surface area (Å²) < 4.78 is 5.44. The lowest BCUT2D eigenvalue weighted by Crippen LogP contribution is -2.44. The van der Waals surface area contributed by atoms with Crippen LogP contribution in [0.25, 0.3) is 0 Å². The van der Waals surface area contributed by atoms with Crippen LogP contribution in [0.3, 0.4) is 0 Å². The SMILES string of the molecule is CCc1ccccc1N1CC(c2nc(C3(N)CCC3)no2)CC1=O. The zero-order valence-electron chi connectivity index (χ0n) is 13.9. The van der Waals surface area contributed by atoms with Gasteiger partial charge in [-0.1, -0.05) is 30.3 Å². The normalized spacial score (nSPS) is 22.7. The van der Waals surface area contributed by atoms with Crippen molar-refractivity contribution >= 4 is 11.6 Å². The Labute approximate surface area is 141 Å². The number of amides is 1. The van der Waals surface area contributed by atoms with Crippen molar-refractivity contribution in [2.75, 3.05) is 11.4 Å². The average Bonchev–Trinajstić information content (AvgIpc) is 3.19. The molecule has 1 saturated carbocycles. The van der Waals surface area contributed by atoms with Crippen molar-refractivity contribution in [1.82, 2.24) is 10.1 Å². The van der Waals surface area contributed by atoms with Crippen LogP contribution in [0.4, 0.5) is 5.69 Å². The molecular weight excluding hydrogens is 304 g/mol. The van der Waals surface area contributed by atoms with Crippen molar-refractivity contribution < 1.29 is 9.32 Å². The van der Waals surface area contributed by atoms with Gasteiger partial charge in [0, 0.05) is 18.7 Å². The number of benzene rings is 1. The minimum absolute atomic E-state index is 0.0626. The molecule has 2 aromatic rings. The third kappa shape index (κ3) is 2.41. The van der Waals surface area contributed by atoms with Crippen LogP contribution in [0.5, 0.6) is 0 Å². The second-order valence-electron chi connectivity index (χ2n) is 6.85. The van der Waals surface area contributed by atoms with Crippen LogP contribution in [0.2, 0.25) is 0 Å². The quantitative estimate of drug-likeness (QED) is 0.933. The standard InChI is InChI=1S/C18H22N4O2/c1-2-12-6-3-4-7-14(12)22-11-13(10-15(22)23)16-20-17(21-24-16)18(19)8-5-9-18/h3-4,6-7,13H,2,5,8-11,19H2,1H3. The Kier molecular flexibility index (Phi) is 3.64. The number of hydrogen-bond donors (Lipinski definition) is 1. The van der Waals surface area contributed by atoms with Gasteiger partial charge in [0.05, 0.1) is 11.5 Å². The third-order valence-corrected chi connectivity index (χ3v) is 5.27. The van der Waals surface area contributed by atoms with Gasteiger partial charge in [0.1, 0.15) is 0 Å². The van der Waals surface area contributed by atoms with Gasteiger partial charge in [-0.15, -0.1) is 0 Å². The maximum atomic E-state index is 12.5. The smallest absolute Gasteiger partial charge is 0.232 e. The van der Waals surface area contributed by atoms with Gasteiger partial charge in [0.25, 0.3) is 0 Å². The molecule has 1 unspecified atom stereocenters. The minimum atomic E-state index is -0.432. The van der Waals surface area contributed by atoms with E-state index in [9.17, 15) is 4.79 Å². The Morgan fingerprint density at radius 2 is 2.17 bits per heavy atom. The molecule has 6 nitrogen and oxygen atoms in total. The van der Waals surface area contributed by atoms with E-state index in [2.05, 4.69) is 23.1 Å². The van der Waals surface area contributed by atoms with Crippen LogP contribution in [-0.4, -0.2) is 22.6 Å². The maximum Gasteiger partial charge on any atom is 0.232 e. The van der Waals surface area contributed by atoms with E-state index in [1.165, 1.54) is 5.56 Å². The molecule has 1 saturated heterocycles. The highest BCUT2D eigenvalue weighted by Crippen LogP contribution is 2.38. The summed E-state index contributed by atoms with van der Waals surface area (Å²) in [6.07, 6.45) is 4.18.